The van der Waals surface area contributed by atoms with Crippen LogP contribution in [0, 0.1) is 5.82 Å². The third-order valence-corrected chi connectivity index (χ3v) is 3.17. The number of nitrogens with zero attached hydrogens (tertiary/aromatic N) is 2. The van der Waals surface area contributed by atoms with Crippen LogP contribution in [0.15, 0.2) is 29.0 Å². The number of nitrogens with one attached hydrogen (secondary N) is 2. The molecule has 0 aliphatic carbocycles. The van der Waals surface area contributed by atoms with Gasteiger partial charge in [0.1, 0.15) is 18.0 Å². The molecule has 1 atom stereocenters. The van der Waals surface area contributed by atoms with Gasteiger partial charge < -0.3 is 0 Å². The van der Waals surface area contributed by atoms with Crippen LogP contribution in [0.5, 0.6) is 0 Å². The van der Waals surface area contributed by atoms with Crippen molar-refractivity contribution >= 4 is 15.9 Å². The second kappa shape index (κ2) is 5.35. The van der Waals surface area contributed by atoms with Crippen molar-refractivity contribution < 1.29 is 4.39 Å². The lowest BCUT2D eigenvalue weighted by Crippen LogP contribution is -2.30. The highest BCUT2D eigenvalue weighted by Gasteiger charge is 2.15. The van der Waals surface area contributed by atoms with E-state index in [9.17, 15) is 4.39 Å². The summed E-state index contributed by atoms with van der Waals surface area (Å²) < 4.78 is 14.0. The van der Waals surface area contributed by atoms with E-state index >= 15 is 0 Å². The highest BCUT2D eigenvalue weighted by molar-refractivity contribution is 9.10. The summed E-state index contributed by atoms with van der Waals surface area (Å²) in [6.07, 6.45) is 1.91. The Morgan fingerprint density at radius 3 is 3.00 bits per heavy atom. The van der Waals surface area contributed by atoms with Gasteiger partial charge in [0.25, 0.3) is 0 Å². The molecule has 90 valence electrons. The number of aromatic amines is 1. The van der Waals surface area contributed by atoms with Crippen molar-refractivity contribution in [1.29, 1.82) is 0 Å². The Labute approximate surface area is 106 Å². The molecule has 0 bridgehead atoms. The maximum Gasteiger partial charge on any atom is 0.143 e. The maximum absolute atomic E-state index is 13.1. The Bertz CT molecular complexity index is 487. The quantitative estimate of drug-likeness (QED) is 0.590. The third kappa shape index (κ3) is 2.87. The first-order valence-corrected chi connectivity index (χ1v) is 5.75. The van der Waals surface area contributed by atoms with Gasteiger partial charge in [0.2, 0.25) is 0 Å². The van der Waals surface area contributed by atoms with Gasteiger partial charge in [0.05, 0.1) is 6.04 Å². The van der Waals surface area contributed by atoms with Crippen LogP contribution in [0.25, 0.3) is 0 Å². The van der Waals surface area contributed by atoms with Crippen molar-refractivity contribution in [2.24, 2.45) is 5.84 Å². The first kappa shape index (κ1) is 12.2. The van der Waals surface area contributed by atoms with Crippen LogP contribution >= 0.6 is 15.9 Å². The van der Waals surface area contributed by atoms with E-state index in [0.717, 1.165) is 10.0 Å². The van der Waals surface area contributed by atoms with Crippen molar-refractivity contribution in [2.45, 2.75) is 12.5 Å². The average Bonchev–Trinajstić information content (AvgIpc) is 2.84. The second-order valence-electron chi connectivity index (χ2n) is 3.53. The SMILES string of the molecule is NNC(Cc1cc(F)ccc1Br)c1ncn[nH]1. The topological polar surface area (TPSA) is 79.6 Å². The largest absolute Gasteiger partial charge is 0.271 e. The summed E-state index contributed by atoms with van der Waals surface area (Å²) in [5.74, 6) is 5.79. The summed E-state index contributed by atoms with van der Waals surface area (Å²) in [4.78, 5) is 4.02. The third-order valence-electron chi connectivity index (χ3n) is 2.40. The van der Waals surface area contributed by atoms with Crippen molar-refractivity contribution in [2.75, 3.05) is 0 Å². The van der Waals surface area contributed by atoms with Crippen molar-refractivity contribution in [3.05, 3.63) is 46.2 Å². The zero-order valence-corrected chi connectivity index (χ0v) is 10.4. The maximum atomic E-state index is 13.1. The van der Waals surface area contributed by atoms with Gasteiger partial charge in [-0.25, -0.2) is 14.8 Å². The molecule has 0 radical (unpaired) electrons. The molecule has 2 aromatic rings. The smallest absolute Gasteiger partial charge is 0.143 e. The Morgan fingerprint density at radius 1 is 1.53 bits per heavy atom. The number of hydrogen-bond donors (Lipinski definition) is 3. The molecule has 0 aliphatic rings. The zero-order valence-electron chi connectivity index (χ0n) is 8.82. The highest BCUT2D eigenvalue weighted by Crippen LogP contribution is 2.22. The number of nitrogens with two attached hydrogens (primary N) is 1. The second-order valence-corrected chi connectivity index (χ2v) is 4.38. The van der Waals surface area contributed by atoms with Crippen LogP contribution in [0.3, 0.4) is 0 Å². The molecule has 1 aromatic carbocycles. The van der Waals surface area contributed by atoms with Gasteiger partial charge in [-0.2, -0.15) is 5.10 Å². The fourth-order valence-corrected chi connectivity index (χ4v) is 1.95. The minimum atomic E-state index is -0.281. The molecule has 1 heterocycles. The number of benzene rings is 1. The summed E-state index contributed by atoms with van der Waals surface area (Å²) in [7, 11) is 0. The molecular formula is C10H11BrFN5. The molecule has 5 nitrogen and oxygen atoms in total. The minimum absolute atomic E-state index is 0.240. The van der Waals surface area contributed by atoms with Crippen LogP contribution in [0.2, 0.25) is 0 Å². The molecule has 0 spiro atoms. The fourth-order valence-electron chi connectivity index (χ4n) is 1.54. The van der Waals surface area contributed by atoms with Crippen LogP contribution < -0.4 is 11.3 Å². The zero-order chi connectivity index (χ0) is 12.3. The molecule has 0 aliphatic heterocycles. The molecule has 1 unspecified atom stereocenters. The summed E-state index contributed by atoms with van der Waals surface area (Å²) in [5, 5.41) is 6.48. The van der Waals surface area contributed by atoms with E-state index < -0.39 is 0 Å². The lowest BCUT2D eigenvalue weighted by Gasteiger charge is -2.14. The molecule has 7 heteroatoms. The van der Waals surface area contributed by atoms with Gasteiger partial charge in [0, 0.05) is 4.47 Å². The normalized spacial score (nSPS) is 12.6. The van der Waals surface area contributed by atoms with Gasteiger partial charge >= 0.3 is 0 Å². The molecule has 0 saturated heterocycles. The van der Waals surface area contributed by atoms with Gasteiger partial charge in [-0.1, -0.05) is 15.9 Å². The summed E-state index contributed by atoms with van der Waals surface area (Å²) in [5.41, 5.74) is 3.43. The van der Waals surface area contributed by atoms with Gasteiger partial charge in [-0.3, -0.25) is 10.9 Å². The highest BCUT2D eigenvalue weighted by atomic mass is 79.9. The van der Waals surface area contributed by atoms with E-state index in [1.54, 1.807) is 6.07 Å². The molecule has 1 aromatic heterocycles. The van der Waals surface area contributed by atoms with Crippen LogP contribution in [0.4, 0.5) is 4.39 Å². The van der Waals surface area contributed by atoms with Crippen molar-refractivity contribution in [3.63, 3.8) is 0 Å². The Hall–Kier alpha value is -1.31. The van der Waals surface area contributed by atoms with Gasteiger partial charge in [-0.05, 0) is 30.2 Å². The van der Waals surface area contributed by atoms with E-state index in [0.29, 0.717) is 12.2 Å². The number of halogens is 2. The van der Waals surface area contributed by atoms with Crippen LogP contribution in [-0.4, -0.2) is 15.2 Å². The molecule has 2 rings (SSSR count). The predicted octanol–water partition coefficient (Wildman–Crippen LogP) is 1.45. The average molecular weight is 300 g/mol. The summed E-state index contributed by atoms with van der Waals surface area (Å²) in [6, 6.07) is 4.28. The Balaban J connectivity index is 2.21. The first-order valence-electron chi connectivity index (χ1n) is 4.96. The van der Waals surface area contributed by atoms with Gasteiger partial charge in [0.15, 0.2) is 0 Å². The van der Waals surface area contributed by atoms with E-state index in [1.807, 2.05) is 0 Å². The number of H-pyrrole nitrogens is 1. The number of hydrogen-bond acceptors (Lipinski definition) is 4. The van der Waals surface area contributed by atoms with Crippen molar-refractivity contribution in [1.82, 2.24) is 20.6 Å². The van der Waals surface area contributed by atoms with Gasteiger partial charge in [-0.15, -0.1) is 0 Å². The Kier molecular flexibility index (Phi) is 3.82. The fraction of sp³-hybridized carbons (Fsp3) is 0.200. The number of rotatable bonds is 4. The Morgan fingerprint density at radius 2 is 2.35 bits per heavy atom. The standard InChI is InChI=1S/C10H11BrFN5/c11-8-2-1-7(12)3-6(8)4-9(16-13)10-14-5-15-17-10/h1-3,5,9,16H,4,13H2,(H,14,15,17). The first-order chi connectivity index (χ1) is 8.20. The molecule has 0 saturated carbocycles. The molecule has 17 heavy (non-hydrogen) atoms. The number of hydrazine groups is 1. The van der Waals surface area contributed by atoms with E-state index in [4.69, 9.17) is 5.84 Å². The molecule has 0 amide bonds. The summed E-state index contributed by atoms with van der Waals surface area (Å²) >= 11 is 3.37. The molecule has 4 N–H and O–H groups in total. The van der Waals surface area contributed by atoms with E-state index in [2.05, 4.69) is 36.5 Å². The molecule has 0 fully saturated rings. The van der Waals surface area contributed by atoms with Crippen molar-refractivity contribution in [3.8, 4) is 0 Å². The predicted molar refractivity (Wildman–Crippen MR) is 64.3 cm³/mol. The van der Waals surface area contributed by atoms with E-state index in [-0.39, 0.29) is 11.9 Å². The number of aromatic nitrogens is 3. The van der Waals surface area contributed by atoms with Crippen LogP contribution in [-0.2, 0) is 6.42 Å². The summed E-state index contributed by atoms with van der Waals surface area (Å²) in [6.45, 7) is 0. The van der Waals surface area contributed by atoms with E-state index in [1.165, 1.54) is 18.5 Å². The lowest BCUT2D eigenvalue weighted by atomic mass is 10.1. The molecular weight excluding hydrogens is 289 g/mol. The minimum Gasteiger partial charge on any atom is -0.271 e. The lowest BCUT2D eigenvalue weighted by molar-refractivity contribution is 0.521. The monoisotopic (exact) mass is 299 g/mol. The van der Waals surface area contributed by atoms with Crippen LogP contribution in [0.1, 0.15) is 17.4 Å².